The number of para-hydroxylation sites is 1. The molecule has 0 saturated carbocycles. The number of fused-ring (bicyclic) bond motifs is 1. The molecule has 0 unspecified atom stereocenters. The average molecular weight is 1060 g/mol. The van der Waals surface area contributed by atoms with Crippen LogP contribution in [-0.4, -0.2) is 19.6 Å². The number of phenolic OH excluding ortho intramolecular Hbond substituents is 1. The smallest absolute Gasteiger partial charge is 0.148 e. The van der Waals surface area contributed by atoms with Crippen LogP contribution in [0.25, 0.3) is 83.9 Å². The van der Waals surface area contributed by atoms with E-state index in [2.05, 4.69) is 6.07 Å². The maximum Gasteiger partial charge on any atom is 0.148 e. The van der Waals surface area contributed by atoms with Gasteiger partial charge < -0.3 is 5.11 Å². The topological polar surface area (TPSA) is 50.9 Å². The number of aromatic hydroxyl groups is 1. The molecule has 334 valence electrons. The van der Waals surface area contributed by atoms with Crippen molar-refractivity contribution >= 4 is 11.0 Å². The van der Waals surface area contributed by atoms with E-state index in [1.165, 1.54) is 42.5 Å². The molecule has 66 heavy (non-hydrogen) atoms. The number of phenols is 1. The Labute approximate surface area is 431 Å². The molecule has 0 radical (unpaired) electrons. The van der Waals surface area contributed by atoms with Gasteiger partial charge >= 0.3 is 0 Å². The van der Waals surface area contributed by atoms with Gasteiger partial charge in [-0.1, -0.05) is 194 Å². The second-order valence-corrected chi connectivity index (χ2v) is 17.6. The van der Waals surface area contributed by atoms with Crippen molar-refractivity contribution in [3.05, 3.63) is 192 Å². The molecule has 2 heterocycles. The van der Waals surface area contributed by atoms with Crippen LogP contribution in [0.5, 0.6) is 5.75 Å². The molecule has 5 heteroatoms. The van der Waals surface area contributed by atoms with Gasteiger partial charge in [0.2, 0.25) is 0 Å². The fourth-order valence-electron chi connectivity index (χ4n) is 8.26. The van der Waals surface area contributed by atoms with Crippen LogP contribution >= 0.6 is 0 Å². The summed E-state index contributed by atoms with van der Waals surface area (Å²) in [5, 5.41) is 12.2. The Hall–Kier alpha value is -6.35. The second kappa shape index (κ2) is 17.8. The Bertz CT molecular complexity index is 3820. The zero-order valence-corrected chi connectivity index (χ0v) is 39.0. The van der Waals surface area contributed by atoms with E-state index in [9.17, 15) is 5.11 Å². The summed E-state index contributed by atoms with van der Waals surface area (Å²) in [5.74, 6) is 0.165. The van der Waals surface area contributed by atoms with Gasteiger partial charge in [-0.05, 0) is 98.0 Å². The first-order valence-electron chi connectivity index (χ1n) is 30.2. The van der Waals surface area contributed by atoms with E-state index >= 15 is 0 Å². The summed E-state index contributed by atoms with van der Waals surface area (Å²) in [5.41, 5.74) is 0.769. The first kappa shape index (κ1) is 28.6. The van der Waals surface area contributed by atoms with Crippen molar-refractivity contribution in [2.24, 2.45) is 0 Å². The largest absolute Gasteiger partial charge is 0.507 e. The van der Waals surface area contributed by atoms with Crippen molar-refractivity contribution < 1.29 is 50.8 Å². The van der Waals surface area contributed by atoms with Crippen molar-refractivity contribution in [3.8, 4) is 78.6 Å². The number of hydrogen-bond acceptors (Lipinski definition) is 3. The molecule has 1 N–H and O–H groups in total. The second-order valence-electron chi connectivity index (χ2n) is 17.6. The predicted octanol–water partition coefficient (Wildman–Crippen LogP) is 16.1. The molecule has 0 aliphatic carbocycles. The molecule has 0 aliphatic heterocycles. The van der Waals surface area contributed by atoms with Crippen LogP contribution in [0.3, 0.4) is 0 Å². The fraction of sp³-hybridized carbons (Fsp3) is 0.213. The zero-order chi connectivity index (χ0) is 60.8. The summed E-state index contributed by atoms with van der Waals surface area (Å²) in [6.45, 7) is -13.1. The summed E-state index contributed by atoms with van der Waals surface area (Å²) in [4.78, 5) is 10.2. The van der Waals surface area contributed by atoms with Gasteiger partial charge in [0.15, 0.2) is 0 Å². The molecule has 0 bridgehead atoms. The van der Waals surface area contributed by atoms with Gasteiger partial charge in [0.25, 0.3) is 0 Å². The number of imidazole rings is 1. The van der Waals surface area contributed by atoms with E-state index in [0.29, 0.717) is 66.9 Å². The number of hydrogen-bond donors (Lipinski definition) is 1. The molecular formula is C61H58N3OPt-. The van der Waals surface area contributed by atoms with Crippen LogP contribution < -0.4 is 0 Å². The molecular weight excluding hydrogens is 986 g/mol. The third-order valence-electron chi connectivity index (χ3n) is 11.8. The molecule has 7 aromatic carbocycles. The maximum absolute atomic E-state index is 12.2. The van der Waals surface area contributed by atoms with Gasteiger partial charge in [-0.15, -0.1) is 23.8 Å². The van der Waals surface area contributed by atoms with E-state index in [-0.39, 0.29) is 43.8 Å². The number of aromatic nitrogens is 3. The number of aryl methyl sites for hydroxylation is 1. The number of nitrogens with zero attached hydrogens (tertiary/aromatic N) is 3. The van der Waals surface area contributed by atoms with Crippen LogP contribution in [0.15, 0.2) is 164 Å². The van der Waals surface area contributed by atoms with Crippen LogP contribution in [0.4, 0.5) is 0 Å². The minimum Gasteiger partial charge on any atom is -0.507 e. The van der Waals surface area contributed by atoms with Crippen molar-refractivity contribution in [1.82, 2.24) is 14.5 Å². The van der Waals surface area contributed by atoms with Gasteiger partial charge in [0.1, 0.15) is 11.6 Å². The summed E-state index contributed by atoms with van der Waals surface area (Å²) < 4.78 is 153. The van der Waals surface area contributed by atoms with Gasteiger partial charge in [0, 0.05) is 63.2 Å². The molecule has 0 amide bonds. The van der Waals surface area contributed by atoms with Crippen LogP contribution in [0.1, 0.15) is 109 Å². The number of benzene rings is 7. The molecule has 4 nitrogen and oxygen atoms in total. The van der Waals surface area contributed by atoms with Crippen molar-refractivity contribution in [1.29, 1.82) is 0 Å². The van der Waals surface area contributed by atoms with E-state index in [1.54, 1.807) is 60.2 Å². The van der Waals surface area contributed by atoms with Gasteiger partial charge in [-0.25, -0.2) is 4.98 Å². The molecule has 0 fully saturated rings. The molecule has 0 aliphatic rings. The Morgan fingerprint density at radius 1 is 0.530 bits per heavy atom. The Balaban J connectivity index is 0.00000920. The monoisotopic (exact) mass is 1060 g/mol. The van der Waals surface area contributed by atoms with E-state index in [4.69, 9.17) is 34.6 Å². The minimum atomic E-state index is -3.55. The molecule has 0 spiro atoms. The molecule has 0 saturated heterocycles. The van der Waals surface area contributed by atoms with E-state index in [0.717, 1.165) is 16.7 Å². The maximum atomic E-state index is 12.2. The van der Waals surface area contributed by atoms with Gasteiger partial charge in [0.05, 0.1) is 22.3 Å². The van der Waals surface area contributed by atoms with Crippen molar-refractivity contribution in [2.45, 2.75) is 85.1 Å². The Morgan fingerprint density at radius 2 is 1.15 bits per heavy atom. The first-order valence-corrected chi connectivity index (χ1v) is 21.2. The van der Waals surface area contributed by atoms with Crippen LogP contribution in [0.2, 0.25) is 0 Å². The summed E-state index contributed by atoms with van der Waals surface area (Å²) in [6.07, 6.45) is 1.57. The third-order valence-corrected chi connectivity index (χ3v) is 11.8. The SMILES string of the molecule is [2H]C([2H])([2H])C(c1ccc(-c2ccnc(-c3[c-]c(-c4cccc5c4nc(-c4cc(C(C)(C)C)cc(C)c4O)n5-c4ccc(C(C([2H])([2H])[2H])(C([2H])([2H])[2H])C([2H])([2H])[2H])cc4-c4ccccc4)cc(-c4ccccc4)c3)c2)cc1)(C([2H])([2H])[2H])C([2H])([2H])[2H].[Pt]. The van der Waals surface area contributed by atoms with Gasteiger partial charge in [-0.2, -0.15) is 0 Å². The van der Waals surface area contributed by atoms with Crippen LogP contribution in [-0.2, 0) is 37.3 Å². The molecule has 9 rings (SSSR count). The van der Waals surface area contributed by atoms with E-state index < -0.39 is 62.9 Å². The third kappa shape index (κ3) is 9.09. The van der Waals surface area contributed by atoms with Crippen molar-refractivity contribution in [3.63, 3.8) is 0 Å². The fourth-order valence-corrected chi connectivity index (χ4v) is 8.26. The summed E-state index contributed by atoms with van der Waals surface area (Å²) >= 11 is 0. The quantitative estimate of drug-likeness (QED) is 0.162. The normalized spacial score (nSPS) is 17.2. The first-order chi connectivity index (χ1) is 38.4. The zero-order valence-electron chi connectivity index (χ0n) is 54.7. The number of pyridine rings is 1. The summed E-state index contributed by atoms with van der Waals surface area (Å²) in [6, 6.07) is 48.0. The predicted molar refractivity (Wildman–Crippen MR) is 273 cm³/mol. The summed E-state index contributed by atoms with van der Waals surface area (Å²) in [7, 11) is 0. The molecule has 9 aromatic rings. The Kier molecular flexibility index (Phi) is 7.72. The van der Waals surface area contributed by atoms with E-state index in [1.807, 2.05) is 93.6 Å². The standard InChI is InChI=1S/C61H58N3O.Pt/c1-39-32-49(61(8,9)10)38-52(57(39)65)58-63-56-50(22-17-23-55(56)64(58)54-29-28-48(60(5,6)7)37-51(54)42-20-15-12-16-21-42)45-33-44(40-18-13-11-14-19-40)34-46(35-45)53-36-43(30-31-62-53)41-24-26-47(27-25-41)59(2,3)4;/h11-34,36-38,65H,1-10H3;/q-1;/i2D3,3D3,4D3,5D3,6D3,7D3;. The Morgan fingerprint density at radius 3 is 1.83 bits per heavy atom. The number of rotatable bonds is 7. The average Bonchev–Trinajstić information content (AvgIpc) is 0.986. The molecule has 2 aromatic heterocycles. The van der Waals surface area contributed by atoms with Gasteiger partial charge in [-0.3, -0.25) is 9.55 Å². The minimum absolute atomic E-state index is 0. The van der Waals surface area contributed by atoms with Crippen LogP contribution in [0, 0.1) is 13.0 Å². The van der Waals surface area contributed by atoms with Crippen molar-refractivity contribution in [2.75, 3.05) is 0 Å². The molecule has 0 atom stereocenters.